The molecule has 1 aromatic heterocycles. The zero-order chi connectivity index (χ0) is 17.4. The van der Waals surface area contributed by atoms with Gasteiger partial charge in [0.25, 0.3) is 5.91 Å². The first kappa shape index (κ1) is 15.8. The van der Waals surface area contributed by atoms with Crippen molar-refractivity contribution in [1.29, 1.82) is 0 Å². The number of benzene rings is 2. The first-order chi connectivity index (χ1) is 12.2. The van der Waals surface area contributed by atoms with Gasteiger partial charge in [0.1, 0.15) is 18.5 Å². The van der Waals surface area contributed by atoms with Crippen LogP contribution in [0.15, 0.2) is 42.5 Å². The van der Waals surface area contributed by atoms with Crippen molar-refractivity contribution in [2.24, 2.45) is 0 Å². The third kappa shape index (κ3) is 2.79. The van der Waals surface area contributed by atoms with Crippen LogP contribution in [-0.2, 0) is 17.8 Å². The molecule has 0 fully saturated rings. The summed E-state index contributed by atoms with van der Waals surface area (Å²) in [6, 6.07) is 13.3. The molecule has 3 aromatic rings. The summed E-state index contributed by atoms with van der Waals surface area (Å²) < 4.78 is 5.62. The number of imidazole rings is 1. The molecule has 1 aliphatic rings. The van der Waals surface area contributed by atoms with E-state index in [1.807, 2.05) is 18.2 Å². The lowest BCUT2D eigenvalue weighted by molar-refractivity contribution is 0.0675. The molecule has 0 unspecified atom stereocenters. The molecule has 25 heavy (non-hydrogen) atoms. The highest BCUT2D eigenvalue weighted by atomic mass is 16.5. The van der Waals surface area contributed by atoms with Crippen LogP contribution in [0.1, 0.15) is 33.4 Å². The normalized spacial score (nSPS) is 19.1. The van der Waals surface area contributed by atoms with E-state index < -0.39 is 0 Å². The zero-order valence-electron chi connectivity index (χ0n) is 13.8. The molecule has 0 saturated carbocycles. The van der Waals surface area contributed by atoms with Gasteiger partial charge in [0, 0.05) is 12.7 Å². The molecular weight excluding hydrogens is 318 g/mol. The molecular formula is C19H19N3O3. The Hall–Kier alpha value is -2.70. The molecule has 128 valence electrons. The molecule has 0 bridgehead atoms. The lowest BCUT2D eigenvalue weighted by Crippen LogP contribution is -2.38. The van der Waals surface area contributed by atoms with Gasteiger partial charge in [-0.3, -0.25) is 4.79 Å². The molecule has 1 amide bonds. The third-order valence-electron chi connectivity index (χ3n) is 4.68. The summed E-state index contributed by atoms with van der Waals surface area (Å²) in [4.78, 5) is 19.9. The van der Waals surface area contributed by atoms with Gasteiger partial charge in [0.2, 0.25) is 0 Å². The van der Waals surface area contributed by atoms with Gasteiger partial charge in [-0.25, -0.2) is 4.98 Å². The number of aliphatic hydroxyl groups is 1. The number of aromatic amines is 1. The van der Waals surface area contributed by atoms with Gasteiger partial charge < -0.3 is 20.1 Å². The molecule has 2 atom stereocenters. The van der Waals surface area contributed by atoms with Crippen LogP contribution in [0.5, 0.6) is 0 Å². The Morgan fingerprint density at radius 1 is 1.36 bits per heavy atom. The Kier molecular flexibility index (Phi) is 3.99. The van der Waals surface area contributed by atoms with E-state index in [2.05, 4.69) is 21.4 Å². The van der Waals surface area contributed by atoms with Crippen molar-refractivity contribution in [3.8, 4) is 0 Å². The van der Waals surface area contributed by atoms with Crippen LogP contribution in [0.4, 0.5) is 0 Å². The number of nitrogens with zero attached hydrogens (tertiary/aromatic N) is 1. The van der Waals surface area contributed by atoms with Crippen molar-refractivity contribution in [3.63, 3.8) is 0 Å². The number of carbonyl (C=O) groups is 1. The van der Waals surface area contributed by atoms with Crippen molar-refractivity contribution in [1.82, 2.24) is 15.3 Å². The number of carbonyl (C=O) groups excluding carboxylic acids is 1. The third-order valence-corrected chi connectivity index (χ3v) is 4.68. The number of ether oxygens (including phenoxy) is 1. The number of hydrogen-bond acceptors (Lipinski definition) is 4. The van der Waals surface area contributed by atoms with E-state index in [0.717, 1.165) is 23.0 Å². The quantitative estimate of drug-likeness (QED) is 0.680. The largest absolute Gasteiger partial charge is 0.388 e. The van der Waals surface area contributed by atoms with Gasteiger partial charge in [-0.1, -0.05) is 24.3 Å². The second-order valence-electron chi connectivity index (χ2n) is 6.21. The van der Waals surface area contributed by atoms with E-state index in [0.29, 0.717) is 11.4 Å². The second kappa shape index (κ2) is 6.31. The first-order valence-electron chi connectivity index (χ1n) is 8.20. The molecule has 0 spiro atoms. The lowest BCUT2D eigenvalue weighted by Gasteiger charge is -2.20. The summed E-state index contributed by atoms with van der Waals surface area (Å²) in [5.41, 5.74) is 4.34. The Morgan fingerprint density at radius 3 is 3.00 bits per heavy atom. The molecule has 4 rings (SSSR count). The summed E-state index contributed by atoms with van der Waals surface area (Å²) in [7, 11) is 1.67. The van der Waals surface area contributed by atoms with Crippen molar-refractivity contribution >= 4 is 16.9 Å². The monoisotopic (exact) mass is 337 g/mol. The summed E-state index contributed by atoms with van der Waals surface area (Å²) in [5.74, 6) is 0.333. The fraction of sp³-hybridized carbons (Fsp3) is 0.263. The molecule has 1 heterocycles. The smallest absolute Gasteiger partial charge is 0.251 e. The second-order valence-corrected chi connectivity index (χ2v) is 6.21. The van der Waals surface area contributed by atoms with Crippen molar-refractivity contribution in [2.45, 2.75) is 25.2 Å². The minimum Gasteiger partial charge on any atom is -0.388 e. The van der Waals surface area contributed by atoms with Gasteiger partial charge in [0.05, 0.1) is 17.1 Å². The molecule has 6 heteroatoms. The van der Waals surface area contributed by atoms with Gasteiger partial charge >= 0.3 is 0 Å². The van der Waals surface area contributed by atoms with Gasteiger partial charge in [-0.05, 0) is 35.7 Å². The predicted octanol–water partition coefficient (Wildman–Crippen LogP) is 2.10. The molecule has 0 saturated heterocycles. The fourth-order valence-electron chi connectivity index (χ4n) is 3.51. The summed E-state index contributed by atoms with van der Waals surface area (Å²) in [6.45, 7) is -0.161. The van der Waals surface area contributed by atoms with E-state index in [4.69, 9.17) is 9.84 Å². The maximum atomic E-state index is 12.7. The number of H-pyrrole nitrogens is 1. The van der Waals surface area contributed by atoms with E-state index >= 15 is 0 Å². The molecule has 2 aromatic carbocycles. The van der Waals surface area contributed by atoms with Crippen LogP contribution in [-0.4, -0.2) is 34.1 Å². The van der Waals surface area contributed by atoms with Crippen LogP contribution in [0.25, 0.3) is 11.0 Å². The first-order valence-corrected chi connectivity index (χ1v) is 8.20. The fourth-order valence-corrected chi connectivity index (χ4v) is 3.51. The average Bonchev–Trinajstić information content (AvgIpc) is 3.20. The summed E-state index contributed by atoms with van der Waals surface area (Å²) in [6.07, 6.45) is 0.610. The number of amides is 1. The van der Waals surface area contributed by atoms with E-state index in [9.17, 15) is 4.79 Å². The molecule has 0 aliphatic heterocycles. The van der Waals surface area contributed by atoms with E-state index in [-0.39, 0.29) is 24.7 Å². The van der Waals surface area contributed by atoms with Gasteiger partial charge in [0.15, 0.2) is 0 Å². The summed E-state index contributed by atoms with van der Waals surface area (Å²) in [5, 5.41) is 12.2. The predicted molar refractivity (Wildman–Crippen MR) is 93.2 cm³/mol. The highest BCUT2D eigenvalue weighted by Crippen LogP contribution is 2.33. The van der Waals surface area contributed by atoms with Crippen molar-refractivity contribution in [3.05, 3.63) is 65.0 Å². The van der Waals surface area contributed by atoms with Gasteiger partial charge in [-0.2, -0.15) is 0 Å². The van der Waals surface area contributed by atoms with E-state index in [1.165, 1.54) is 5.56 Å². The molecule has 6 nitrogen and oxygen atoms in total. The number of fused-ring (bicyclic) bond motifs is 2. The molecule has 3 N–H and O–H groups in total. The number of aromatic nitrogens is 2. The molecule has 0 radical (unpaired) electrons. The Morgan fingerprint density at radius 2 is 2.20 bits per heavy atom. The van der Waals surface area contributed by atoms with Crippen LogP contribution in [0.3, 0.4) is 0 Å². The van der Waals surface area contributed by atoms with Crippen molar-refractivity contribution in [2.75, 3.05) is 7.11 Å². The van der Waals surface area contributed by atoms with Crippen molar-refractivity contribution < 1.29 is 14.6 Å². The Labute approximate surface area is 144 Å². The average molecular weight is 337 g/mol. The number of aliphatic hydroxyl groups excluding tert-OH is 1. The van der Waals surface area contributed by atoms with E-state index in [1.54, 1.807) is 25.3 Å². The zero-order valence-corrected chi connectivity index (χ0v) is 13.8. The maximum Gasteiger partial charge on any atom is 0.251 e. The topological polar surface area (TPSA) is 87.2 Å². The van der Waals surface area contributed by atoms with Crippen LogP contribution < -0.4 is 5.32 Å². The number of methoxy groups -OCH3 is 1. The molecule has 1 aliphatic carbocycles. The number of rotatable bonds is 4. The minimum absolute atomic E-state index is 0.0969. The standard InChI is InChI=1S/C19H19N3O3/c1-25-18-13-5-3-2-4-11(13)8-16(18)22-19(24)12-6-7-14-15(9-12)21-17(10-23)20-14/h2-7,9,16,18,23H,8,10H2,1H3,(H,20,21)(H,22,24)/t16-,18+/m1/s1. The summed E-state index contributed by atoms with van der Waals surface area (Å²) >= 11 is 0. The number of hydrogen-bond donors (Lipinski definition) is 3. The highest BCUT2D eigenvalue weighted by Gasteiger charge is 2.33. The van der Waals surface area contributed by atoms with Gasteiger partial charge in [-0.15, -0.1) is 0 Å². The highest BCUT2D eigenvalue weighted by molar-refractivity contribution is 5.97. The Balaban J connectivity index is 1.56. The minimum atomic E-state index is -0.161. The van der Waals surface area contributed by atoms with Crippen LogP contribution in [0, 0.1) is 0 Å². The number of nitrogens with one attached hydrogen (secondary N) is 2. The maximum absolute atomic E-state index is 12.7. The SMILES string of the molecule is CO[C@H]1c2ccccc2C[C@H]1NC(=O)c1ccc2nc(CO)[nH]c2c1. The Bertz CT molecular complexity index is 935. The lowest BCUT2D eigenvalue weighted by atomic mass is 10.1. The van der Waals surface area contributed by atoms with Crippen LogP contribution >= 0.6 is 0 Å². The van der Waals surface area contributed by atoms with Crippen LogP contribution in [0.2, 0.25) is 0 Å².